The van der Waals surface area contributed by atoms with Crippen LogP contribution in [0.1, 0.15) is 32.6 Å². The first-order valence-electron chi connectivity index (χ1n) is 6.97. The molecule has 0 aromatic heterocycles. The molecule has 0 aliphatic carbocycles. The van der Waals surface area contributed by atoms with Gasteiger partial charge in [0.1, 0.15) is 6.29 Å². The first-order chi connectivity index (χ1) is 10.0. The van der Waals surface area contributed by atoms with E-state index in [1.165, 1.54) is 0 Å². The van der Waals surface area contributed by atoms with Crippen LogP contribution in [0.5, 0.6) is 0 Å². The van der Waals surface area contributed by atoms with Crippen LogP contribution in [0.15, 0.2) is 0 Å². The van der Waals surface area contributed by atoms with E-state index in [1.54, 1.807) is 0 Å². The van der Waals surface area contributed by atoms with Gasteiger partial charge in [-0.1, -0.05) is 6.92 Å². The molecule has 0 aliphatic rings. The Hall–Kier alpha value is -1.80. The summed E-state index contributed by atoms with van der Waals surface area (Å²) < 4.78 is 0. The van der Waals surface area contributed by atoms with Gasteiger partial charge in [-0.15, -0.1) is 0 Å². The number of carbonyl (C=O) groups excluding carboxylic acids is 4. The number of hydrogen-bond acceptors (Lipinski definition) is 6. The van der Waals surface area contributed by atoms with Crippen LogP contribution in [-0.2, 0) is 19.2 Å². The predicted octanol–water partition coefficient (Wildman–Crippen LogP) is -1.56. The minimum absolute atomic E-state index is 0.00853. The van der Waals surface area contributed by atoms with Crippen molar-refractivity contribution in [2.24, 2.45) is 5.73 Å². The molecule has 0 aromatic carbocycles. The molecule has 5 N–H and O–H groups in total. The summed E-state index contributed by atoms with van der Waals surface area (Å²) in [7, 11) is 0. The van der Waals surface area contributed by atoms with Crippen molar-refractivity contribution in [2.75, 3.05) is 19.8 Å². The van der Waals surface area contributed by atoms with Crippen LogP contribution in [0, 0.1) is 0 Å². The van der Waals surface area contributed by atoms with Crippen molar-refractivity contribution in [1.82, 2.24) is 16.0 Å². The van der Waals surface area contributed by atoms with E-state index in [9.17, 15) is 19.2 Å². The highest BCUT2D eigenvalue weighted by Gasteiger charge is 2.11. The minimum Gasteiger partial charge on any atom is -0.339 e. The molecule has 0 saturated heterocycles. The Balaban J connectivity index is 3.81. The van der Waals surface area contributed by atoms with Crippen molar-refractivity contribution >= 4 is 23.9 Å². The second-order valence-electron chi connectivity index (χ2n) is 4.53. The van der Waals surface area contributed by atoms with Gasteiger partial charge < -0.3 is 26.5 Å². The van der Waals surface area contributed by atoms with Gasteiger partial charge in [0.15, 0.2) is 5.78 Å². The Bertz CT molecular complexity index is 360. The zero-order valence-corrected chi connectivity index (χ0v) is 12.3. The second-order valence-corrected chi connectivity index (χ2v) is 4.53. The number of aldehydes is 1. The maximum absolute atomic E-state index is 11.5. The van der Waals surface area contributed by atoms with Gasteiger partial charge >= 0.3 is 0 Å². The van der Waals surface area contributed by atoms with Crippen LogP contribution in [0.25, 0.3) is 0 Å². The van der Waals surface area contributed by atoms with Gasteiger partial charge in [0.2, 0.25) is 11.8 Å². The number of Topliss-reactive ketones (excluding diaryl/α,β-unsaturated/α-hetero) is 1. The van der Waals surface area contributed by atoms with Gasteiger partial charge in [-0.05, 0) is 12.8 Å². The molecule has 0 aliphatic heterocycles. The highest BCUT2D eigenvalue weighted by Crippen LogP contribution is 1.94. The van der Waals surface area contributed by atoms with Crippen LogP contribution in [-0.4, -0.2) is 49.7 Å². The summed E-state index contributed by atoms with van der Waals surface area (Å²) in [6, 6.07) is -0.569. The first kappa shape index (κ1) is 19.2. The molecule has 0 bridgehead atoms. The van der Waals surface area contributed by atoms with Gasteiger partial charge in [0.05, 0.1) is 25.8 Å². The van der Waals surface area contributed by atoms with Crippen LogP contribution in [0.3, 0.4) is 0 Å². The molecule has 0 saturated carbocycles. The number of nitrogens with two attached hydrogens (primary N) is 1. The maximum Gasteiger partial charge on any atom is 0.221 e. The summed E-state index contributed by atoms with van der Waals surface area (Å²) in [5.41, 5.74) is 5.15. The largest absolute Gasteiger partial charge is 0.339 e. The number of nitrogens with one attached hydrogen (secondary N) is 3. The lowest BCUT2D eigenvalue weighted by Gasteiger charge is -2.12. The average molecular weight is 300 g/mol. The Morgan fingerprint density at radius 2 is 1.76 bits per heavy atom. The molecule has 0 heterocycles. The van der Waals surface area contributed by atoms with Crippen molar-refractivity contribution in [1.29, 1.82) is 0 Å². The molecule has 0 rings (SSSR count). The molecule has 1 unspecified atom stereocenters. The molecule has 0 fully saturated rings. The highest BCUT2D eigenvalue weighted by molar-refractivity contribution is 5.82. The smallest absolute Gasteiger partial charge is 0.221 e. The Labute approximate surface area is 124 Å². The van der Waals surface area contributed by atoms with Crippen molar-refractivity contribution in [2.45, 2.75) is 38.6 Å². The number of hydrogen-bond donors (Lipinski definition) is 4. The Morgan fingerprint density at radius 1 is 1.14 bits per heavy atom. The maximum atomic E-state index is 11.5. The zero-order valence-electron chi connectivity index (χ0n) is 12.3. The lowest BCUT2D eigenvalue weighted by molar-refractivity contribution is -0.123. The van der Waals surface area contributed by atoms with E-state index in [1.807, 2.05) is 6.92 Å². The standard InChI is InChI=1S/C13H24N4O4/c1-2-3-12(20)16-9-17-13(21)5-4-10(8-18)15-7-11(19)6-14/h8,10,15H,2-7,9,14H2,1H3,(H,16,20)(H,17,21). The van der Waals surface area contributed by atoms with E-state index in [0.717, 1.165) is 6.42 Å². The molecular weight excluding hydrogens is 276 g/mol. The van der Waals surface area contributed by atoms with Gasteiger partial charge in [-0.2, -0.15) is 0 Å². The number of rotatable bonds is 12. The van der Waals surface area contributed by atoms with Crippen LogP contribution >= 0.6 is 0 Å². The molecule has 0 radical (unpaired) electrons. The Kier molecular flexibility index (Phi) is 11.0. The SMILES string of the molecule is CCCC(=O)NCNC(=O)CCC(C=O)NCC(=O)CN. The third-order valence-electron chi connectivity index (χ3n) is 2.68. The van der Waals surface area contributed by atoms with Crippen molar-refractivity contribution in [3.63, 3.8) is 0 Å². The van der Waals surface area contributed by atoms with E-state index < -0.39 is 6.04 Å². The molecule has 0 aromatic rings. The normalized spacial score (nSPS) is 11.5. The number of amides is 2. The molecule has 8 nitrogen and oxygen atoms in total. The summed E-state index contributed by atoms with van der Waals surface area (Å²) >= 11 is 0. The fourth-order valence-electron chi connectivity index (χ4n) is 1.47. The summed E-state index contributed by atoms with van der Waals surface area (Å²) in [6.07, 6.45) is 2.21. The van der Waals surface area contributed by atoms with Gasteiger partial charge in [0.25, 0.3) is 0 Å². The molecule has 120 valence electrons. The monoisotopic (exact) mass is 300 g/mol. The number of ketones is 1. The van der Waals surface area contributed by atoms with E-state index >= 15 is 0 Å². The Morgan fingerprint density at radius 3 is 2.29 bits per heavy atom. The molecule has 2 amide bonds. The van der Waals surface area contributed by atoms with E-state index in [2.05, 4.69) is 16.0 Å². The van der Waals surface area contributed by atoms with Crippen LogP contribution < -0.4 is 21.7 Å². The second kappa shape index (κ2) is 12.0. The lowest BCUT2D eigenvalue weighted by atomic mass is 10.1. The van der Waals surface area contributed by atoms with E-state index in [0.29, 0.717) is 12.7 Å². The van der Waals surface area contributed by atoms with Crippen molar-refractivity contribution < 1.29 is 19.2 Å². The van der Waals surface area contributed by atoms with Gasteiger partial charge in [-0.25, -0.2) is 0 Å². The molecule has 1 atom stereocenters. The molecule has 0 spiro atoms. The lowest BCUT2D eigenvalue weighted by Crippen LogP contribution is -2.39. The summed E-state index contributed by atoms with van der Waals surface area (Å²) in [5, 5.41) is 7.79. The fraction of sp³-hybridized carbons (Fsp3) is 0.692. The van der Waals surface area contributed by atoms with Crippen LogP contribution in [0.4, 0.5) is 0 Å². The summed E-state index contributed by atoms with van der Waals surface area (Å²) in [6.45, 7) is 1.88. The van der Waals surface area contributed by atoms with Crippen LogP contribution in [0.2, 0.25) is 0 Å². The third-order valence-corrected chi connectivity index (χ3v) is 2.68. The van der Waals surface area contributed by atoms with Gasteiger partial charge in [-0.3, -0.25) is 14.4 Å². The first-order valence-corrected chi connectivity index (χ1v) is 6.97. The van der Waals surface area contributed by atoms with Crippen molar-refractivity contribution in [3.8, 4) is 0 Å². The summed E-state index contributed by atoms with van der Waals surface area (Å²) in [5.74, 6) is -0.596. The minimum atomic E-state index is -0.569. The molecule has 8 heteroatoms. The average Bonchev–Trinajstić information content (AvgIpc) is 2.47. The van der Waals surface area contributed by atoms with E-state index in [4.69, 9.17) is 5.73 Å². The quantitative estimate of drug-likeness (QED) is 0.255. The highest BCUT2D eigenvalue weighted by atomic mass is 16.2. The van der Waals surface area contributed by atoms with E-state index in [-0.39, 0.29) is 50.2 Å². The molecular formula is C13H24N4O4. The third kappa shape index (κ3) is 10.6. The predicted molar refractivity (Wildman–Crippen MR) is 77.2 cm³/mol. The topological polar surface area (TPSA) is 130 Å². The molecule has 21 heavy (non-hydrogen) atoms. The number of carbonyl (C=O) groups is 4. The zero-order chi connectivity index (χ0) is 16.1. The summed E-state index contributed by atoms with van der Waals surface area (Å²) in [4.78, 5) is 44.5. The fourth-order valence-corrected chi connectivity index (χ4v) is 1.47. The van der Waals surface area contributed by atoms with Gasteiger partial charge in [0, 0.05) is 12.8 Å². The van der Waals surface area contributed by atoms with Crippen molar-refractivity contribution in [3.05, 3.63) is 0 Å².